The molecule has 0 aromatic heterocycles. The van der Waals surface area contributed by atoms with Crippen LogP contribution >= 0.6 is 0 Å². The number of carbonyl (C=O) groups excluding carboxylic acids is 5. The molecule has 1 aliphatic heterocycles. The lowest BCUT2D eigenvalue weighted by Gasteiger charge is -2.25. The molecule has 11 heteroatoms. The molecule has 1 heterocycles. The summed E-state index contributed by atoms with van der Waals surface area (Å²) in [5, 5.41) is 12.6. The number of unbranched alkanes of at least 4 members (excludes halogenated alkanes) is 1. The molecular formula is C53H87N5O6. The van der Waals surface area contributed by atoms with Gasteiger partial charge in [-0.3, -0.25) is 24.0 Å². The molecule has 360 valence electrons. The molecule has 5 unspecified atom stereocenters. The van der Waals surface area contributed by atoms with Crippen LogP contribution in [0.2, 0.25) is 0 Å². The largest absolute Gasteiger partial charge is 0.380 e. The lowest BCUT2D eigenvalue weighted by Crippen LogP contribution is -2.50. The summed E-state index contributed by atoms with van der Waals surface area (Å²) in [6.45, 7) is 24.7. The quantitative estimate of drug-likeness (QED) is 0.0861. The Morgan fingerprint density at radius 3 is 1.80 bits per heavy atom. The second-order valence-corrected chi connectivity index (χ2v) is 18.5. The van der Waals surface area contributed by atoms with Crippen LogP contribution in [0, 0.1) is 23.7 Å². The number of hydrogen-bond donors (Lipinski definition) is 4. The van der Waals surface area contributed by atoms with E-state index in [1.807, 2.05) is 38.1 Å². The van der Waals surface area contributed by atoms with Gasteiger partial charge >= 0.3 is 0 Å². The molecule has 0 bridgehead atoms. The highest BCUT2D eigenvalue weighted by atomic mass is 16.5. The van der Waals surface area contributed by atoms with Crippen LogP contribution in [-0.2, 0) is 28.7 Å². The number of ketones is 1. The maximum atomic E-state index is 13.1. The summed E-state index contributed by atoms with van der Waals surface area (Å²) in [6.07, 6.45) is 12.8. The van der Waals surface area contributed by atoms with Gasteiger partial charge in [-0.2, -0.15) is 0 Å². The average molecular weight is 890 g/mol. The van der Waals surface area contributed by atoms with Gasteiger partial charge in [0.2, 0.25) is 23.6 Å². The van der Waals surface area contributed by atoms with Crippen LogP contribution in [0.3, 0.4) is 0 Å². The van der Waals surface area contributed by atoms with Crippen molar-refractivity contribution in [1.29, 1.82) is 0 Å². The van der Waals surface area contributed by atoms with E-state index in [-0.39, 0.29) is 47.5 Å². The third kappa shape index (κ3) is 21.3. The van der Waals surface area contributed by atoms with Crippen molar-refractivity contribution in [3.05, 3.63) is 54.1 Å². The predicted molar refractivity (Wildman–Crippen MR) is 263 cm³/mol. The lowest BCUT2D eigenvalue weighted by molar-refractivity contribution is -0.137. The second kappa shape index (κ2) is 30.9. The molecule has 4 amide bonds. The summed E-state index contributed by atoms with van der Waals surface area (Å²) >= 11 is 0. The van der Waals surface area contributed by atoms with Crippen LogP contribution in [0.15, 0.2) is 48.5 Å². The number of anilines is 1. The zero-order valence-corrected chi connectivity index (χ0v) is 41.7. The van der Waals surface area contributed by atoms with E-state index in [0.717, 1.165) is 68.2 Å². The molecule has 3 fully saturated rings. The van der Waals surface area contributed by atoms with Gasteiger partial charge in [-0.15, -0.1) is 0 Å². The first-order valence-electron chi connectivity index (χ1n) is 24.9. The van der Waals surface area contributed by atoms with Gasteiger partial charge in [-0.25, -0.2) is 0 Å². The number of nitrogens with one attached hydrogen (secondary N) is 4. The normalized spacial score (nSPS) is 17.2. The molecule has 2 aliphatic carbocycles. The van der Waals surface area contributed by atoms with Crippen molar-refractivity contribution in [3.8, 4) is 11.1 Å². The van der Waals surface area contributed by atoms with Crippen molar-refractivity contribution in [2.24, 2.45) is 23.7 Å². The van der Waals surface area contributed by atoms with E-state index < -0.39 is 12.1 Å². The molecule has 0 spiro atoms. The van der Waals surface area contributed by atoms with Gasteiger partial charge in [0, 0.05) is 55.7 Å². The smallest absolute Gasteiger partial charge is 0.247 e. The third-order valence-corrected chi connectivity index (χ3v) is 11.9. The first-order valence-corrected chi connectivity index (χ1v) is 24.9. The number of rotatable bonds is 22. The standard InChI is InChI=1S/C41H61N5O5.C5H8O.C4H10.C3H8/c1-7-28(5)26-37(47)46-23-9-10-36(46)40(49)44-34-19-17-31(18-20-34)30-11-13-32(14-12-30)35(8-2)43-29(6)21-24-51-25-22-42-41(50)38(27(3)4)45-39(48)33-15-16-33;1-4(6)5-2-3-5;1-3-4-2;1-3-2/h11-14,17-20,27-29,33,35-36,38,43H,7-10,15-16,21-26H2,1-6H3,(H,42,50)(H,44,49)(H,45,48);5H,2-3H2,1H3;3-4H2,1-2H3;3H2,1-2H3. The minimum absolute atomic E-state index is 0.0169. The topological polar surface area (TPSA) is 146 Å². The SMILES string of the molecule is CC(=O)C1CC1.CCC.CCC(C)CC(=O)N1CCCC1C(=O)Nc1ccc(-c2ccc(C(CC)NC(C)CCOCCNC(=O)C(NC(=O)C3CC3)C(C)C)cc2)cc1.CCCC. The van der Waals surface area contributed by atoms with Crippen LogP contribution < -0.4 is 21.3 Å². The van der Waals surface area contributed by atoms with Crippen molar-refractivity contribution in [2.45, 2.75) is 184 Å². The van der Waals surface area contributed by atoms with Crippen molar-refractivity contribution >= 4 is 35.1 Å². The van der Waals surface area contributed by atoms with E-state index in [1.165, 1.54) is 24.8 Å². The Balaban J connectivity index is 0.000000940. The lowest BCUT2D eigenvalue weighted by atomic mass is 9.98. The summed E-state index contributed by atoms with van der Waals surface area (Å²) < 4.78 is 5.81. The second-order valence-electron chi connectivity index (χ2n) is 18.5. The molecule has 3 aliphatic rings. The van der Waals surface area contributed by atoms with Crippen molar-refractivity contribution < 1.29 is 28.7 Å². The number of amides is 4. The first-order chi connectivity index (χ1) is 30.6. The van der Waals surface area contributed by atoms with E-state index in [1.54, 1.807) is 11.8 Å². The predicted octanol–water partition coefficient (Wildman–Crippen LogP) is 10.4. The van der Waals surface area contributed by atoms with Crippen LogP contribution in [0.25, 0.3) is 11.1 Å². The third-order valence-electron chi connectivity index (χ3n) is 11.9. The Morgan fingerprint density at radius 2 is 1.31 bits per heavy atom. The first kappa shape index (κ1) is 56.0. The Kier molecular flexibility index (Phi) is 27.1. The van der Waals surface area contributed by atoms with Gasteiger partial charge in [0.1, 0.15) is 17.9 Å². The average Bonchev–Trinajstić information content (AvgIpc) is 4.24. The summed E-state index contributed by atoms with van der Waals surface area (Å²) in [5.74, 6) is 1.03. The minimum atomic E-state index is -0.519. The number of benzene rings is 2. The van der Waals surface area contributed by atoms with E-state index in [4.69, 9.17) is 4.74 Å². The molecule has 1 saturated heterocycles. The van der Waals surface area contributed by atoms with Crippen molar-refractivity contribution in [2.75, 3.05) is 31.6 Å². The van der Waals surface area contributed by atoms with Gasteiger partial charge in [-0.05, 0) is 106 Å². The number of Topliss-reactive ketones (excluding diaryl/α,β-unsaturated/α-hetero) is 1. The molecule has 0 radical (unpaired) electrons. The van der Waals surface area contributed by atoms with E-state index in [2.05, 4.69) is 101 Å². The molecule has 5 rings (SSSR count). The highest BCUT2D eigenvalue weighted by Crippen LogP contribution is 2.30. The van der Waals surface area contributed by atoms with Crippen molar-refractivity contribution in [1.82, 2.24) is 20.9 Å². The van der Waals surface area contributed by atoms with E-state index >= 15 is 0 Å². The fraction of sp³-hybridized carbons (Fsp3) is 0.679. The number of ether oxygens (including phenoxy) is 1. The van der Waals surface area contributed by atoms with Crippen molar-refractivity contribution in [3.63, 3.8) is 0 Å². The minimum Gasteiger partial charge on any atom is -0.380 e. The molecule has 2 saturated carbocycles. The van der Waals surface area contributed by atoms with Gasteiger partial charge < -0.3 is 30.9 Å². The summed E-state index contributed by atoms with van der Waals surface area (Å²) in [6, 6.07) is 16.0. The van der Waals surface area contributed by atoms with Gasteiger partial charge in [0.25, 0.3) is 0 Å². The molecule has 11 nitrogen and oxygen atoms in total. The fourth-order valence-corrected chi connectivity index (χ4v) is 7.01. The number of nitrogens with zero attached hydrogens (tertiary/aromatic N) is 1. The molecule has 4 N–H and O–H groups in total. The van der Waals surface area contributed by atoms with Gasteiger partial charge in [0.05, 0.1) is 6.61 Å². The molecule has 2 aromatic rings. The maximum Gasteiger partial charge on any atom is 0.247 e. The maximum absolute atomic E-state index is 13.1. The van der Waals surface area contributed by atoms with Crippen LogP contribution in [0.4, 0.5) is 5.69 Å². The monoisotopic (exact) mass is 890 g/mol. The van der Waals surface area contributed by atoms with Crippen LogP contribution in [0.1, 0.15) is 171 Å². The summed E-state index contributed by atoms with van der Waals surface area (Å²) in [4.78, 5) is 62.6. The van der Waals surface area contributed by atoms with Crippen LogP contribution in [-0.4, -0.2) is 78.7 Å². The molecular weight excluding hydrogens is 803 g/mol. The number of carbonyl (C=O) groups is 5. The molecule has 2 aromatic carbocycles. The van der Waals surface area contributed by atoms with E-state index in [9.17, 15) is 24.0 Å². The summed E-state index contributed by atoms with van der Waals surface area (Å²) in [5.41, 5.74) is 4.12. The zero-order valence-electron chi connectivity index (χ0n) is 41.7. The van der Waals surface area contributed by atoms with Crippen LogP contribution in [0.5, 0.6) is 0 Å². The summed E-state index contributed by atoms with van der Waals surface area (Å²) in [7, 11) is 0. The van der Waals surface area contributed by atoms with Gasteiger partial charge in [0.15, 0.2) is 0 Å². The Morgan fingerprint density at radius 1 is 0.734 bits per heavy atom. The van der Waals surface area contributed by atoms with E-state index in [0.29, 0.717) is 56.8 Å². The number of likely N-dealkylation sites (tertiary alicyclic amines) is 1. The fourth-order valence-electron chi connectivity index (χ4n) is 7.01. The molecule has 64 heavy (non-hydrogen) atoms. The Hall–Kier alpha value is -4.09. The Labute approximate surface area is 387 Å². The highest BCUT2D eigenvalue weighted by Gasteiger charge is 2.35. The van der Waals surface area contributed by atoms with Gasteiger partial charge in [-0.1, -0.05) is 124 Å². The molecule has 5 atom stereocenters. The zero-order chi connectivity index (χ0) is 47.6. The highest BCUT2D eigenvalue weighted by molar-refractivity contribution is 5.97. The Bertz CT molecular complexity index is 1650. The number of hydrogen-bond acceptors (Lipinski definition) is 7.